The van der Waals surface area contributed by atoms with Crippen LogP contribution in [0.25, 0.3) is 11.0 Å². The van der Waals surface area contributed by atoms with E-state index in [0.29, 0.717) is 5.56 Å². The standard InChI is InChI=1S/C13H15N5/c1-9-11-7-10(8-14)12(18-5-3-4-6-18)15-13(11)17(2)16-9/h7H,3-6H2,1-2H3. The number of nitrogens with zero attached hydrogens (tertiary/aromatic N) is 5. The average molecular weight is 241 g/mol. The minimum absolute atomic E-state index is 0.653. The number of anilines is 1. The smallest absolute Gasteiger partial charge is 0.160 e. The second-order valence-corrected chi connectivity index (χ2v) is 4.75. The fourth-order valence-electron chi connectivity index (χ4n) is 2.59. The largest absolute Gasteiger partial charge is 0.355 e. The molecule has 5 nitrogen and oxygen atoms in total. The molecule has 1 aliphatic heterocycles. The molecule has 0 aromatic carbocycles. The molecule has 0 spiro atoms. The van der Waals surface area contributed by atoms with Crippen molar-refractivity contribution in [1.82, 2.24) is 14.8 Å². The second kappa shape index (κ2) is 3.98. The zero-order chi connectivity index (χ0) is 12.7. The summed E-state index contributed by atoms with van der Waals surface area (Å²) in [5.74, 6) is 0.811. The van der Waals surface area contributed by atoms with E-state index >= 15 is 0 Å². The monoisotopic (exact) mass is 241 g/mol. The molecule has 5 heteroatoms. The van der Waals surface area contributed by atoms with E-state index < -0.39 is 0 Å². The Morgan fingerprint density at radius 2 is 2.06 bits per heavy atom. The highest BCUT2D eigenvalue weighted by molar-refractivity contribution is 5.82. The van der Waals surface area contributed by atoms with Crippen LogP contribution in [0.3, 0.4) is 0 Å². The summed E-state index contributed by atoms with van der Waals surface area (Å²) in [5.41, 5.74) is 2.43. The summed E-state index contributed by atoms with van der Waals surface area (Å²) in [6, 6.07) is 4.17. The molecule has 0 amide bonds. The lowest BCUT2D eigenvalue weighted by Crippen LogP contribution is -2.20. The molecule has 0 atom stereocenters. The van der Waals surface area contributed by atoms with E-state index in [4.69, 9.17) is 0 Å². The Bertz CT molecular complexity index is 643. The molecule has 0 bridgehead atoms. The molecular formula is C13H15N5. The van der Waals surface area contributed by atoms with Gasteiger partial charge in [0.05, 0.1) is 11.3 Å². The summed E-state index contributed by atoms with van der Waals surface area (Å²) in [6.45, 7) is 3.93. The first-order valence-electron chi connectivity index (χ1n) is 6.20. The van der Waals surface area contributed by atoms with Gasteiger partial charge in [0, 0.05) is 25.5 Å². The first-order valence-corrected chi connectivity index (χ1v) is 6.20. The Morgan fingerprint density at radius 1 is 1.33 bits per heavy atom. The van der Waals surface area contributed by atoms with Crippen molar-refractivity contribution in [3.63, 3.8) is 0 Å². The van der Waals surface area contributed by atoms with Crippen molar-refractivity contribution in [3.8, 4) is 6.07 Å². The summed E-state index contributed by atoms with van der Waals surface area (Å²) in [6.07, 6.45) is 2.35. The summed E-state index contributed by atoms with van der Waals surface area (Å²) in [7, 11) is 1.89. The Hall–Kier alpha value is -2.09. The molecule has 1 aliphatic rings. The Balaban J connectivity index is 2.24. The van der Waals surface area contributed by atoms with Gasteiger partial charge in [0.1, 0.15) is 11.9 Å². The van der Waals surface area contributed by atoms with Crippen molar-refractivity contribution in [1.29, 1.82) is 5.26 Å². The van der Waals surface area contributed by atoms with Crippen molar-refractivity contribution in [2.45, 2.75) is 19.8 Å². The number of aryl methyl sites for hydroxylation is 2. The van der Waals surface area contributed by atoms with Gasteiger partial charge in [-0.2, -0.15) is 10.4 Å². The van der Waals surface area contributed by atoms with Crippen LogP contribution < -0.4 is 4.90 Å². The van der Waals surface area contributed by atoms with E-state index in [1.165, 1.54) is 12.8 Å². The average Bonchev–Trinajstić information content (AvgIpc) is 2.98. The fraction of sp³-hybridized carbons (Fsp3) is 0.462. The minimum Gasteiger partial charge on any atom is -0.355 e. The molecule has 3 heterocycles. The van der Waals surface area contributed by atoms with Crippen LogP contribution in [-0.2, 0) is 7.05 Å². The molecule has 3 rings (SSSR count). The van der Waals surface area contributed by atoms with Gasteiger partial charge in [-0.05, 0) is 25.8 Å². The zero-order valence-corrected chi connectivity index (χ0v) is 10.6. The molecule has 0 radical (unpaired) electrons. The summed E-state index contributed by atoms with van der Waals surface area (Å²) < 4.78 is 1.78. The number of nitriles is 1. The van der Waals surface area contributed by atoms with Crippen LogP contribution in [0.1, 0.15) is 24.1 Å². The highest BCUT2D eigenvalue weighted by atomic mass is 15.3. The second-order valence-electron chi connectivity index (χ2n) is 4.75. The highest BCUT2D eigenvalue weighted by Crippen LogP contribution is 2.27. The van der Waals surface area contributed by atoms with Crippen LogP contribution in [0.2, 0.25) is 0 Å². The predicted octanol–water partition coefficient (Wildman–Crippen LogP) is 1.75. The van der Waals surface area contributed by atoms with E-state index in [1.807, 2.05) is 20.0 Å². The number of hydrogen-bond acceptors (Lipinski definition) is 4. The van der Waals surface area contributed by atoms with Crippen molar-refractivity contribution < 1.29 is 0 Å². The van der Waals surface area contributed by atoms with Crippen molar-refractivity contribution >= 4 is 16.9 Å². The maximum atomic E-state index is 9.29. The van der Waals surface area contributed by atoms with Crippen molar-refractivity contribution in [2.24, 2.45) is 7.05 Å². The van der Waals surface area contributed by atoms with E-state index in [9.17, 15) is 5.26 Å². The molecule has 0 N–H and O–H groups in total. The topological polar surface area (TPSA) is 57.7 Å². The van der Waals surface area contributed by atoms with Crippen molar-refractivity contribution in [2.75, 3.05) is 18.0 Å². The van der Waals surface area contributed by atoms with Gasteiger partial charge >= 0.3 is 0 Å². The van der Waals surface area contributed by atoms with E-state index in [0.717, 1.165) is 35.6 Å². The van der Waals surface area contributed by atoms with Crippen LogP contribution >= 0.6 is 0 Å². The van der Waals surface area contributed by atoms with Crippen molar-refractivity contribution in [3.05, 3.63) is 17.3 Å². The Kier molecular flexibility index (Phi) is 2.44. The van der Waals surface area contributed by atoms with Crippen LogP contribution in [0.5, 0.6) is 0 Å². The van der Waals surface area contributed by atoms with Gasteiger partial charge in [-0.15, -0.1) is 0 Å². The summed E-state index contributed by atoms with van der Waals surface area (Å²) in [5, 5.41) is 14.6. The third-order valence-electron chi connectivity index (χ3n) is 3.50. The first-order chi connectivity index (χ1) is 8.70. The predicted molar refractivity (Wildman–Crippen MR) is 69.4 cm³/mol. The molecule has 0 aliphatic carbocycles. The zero-order valence-electron chi connectivity index (χ0n) is 10.6. The number of aromatic nitrogens is 3. The molecule has 92 valence electrons. The van der Waals surface area contributed by atoms with Gasteiger partial charge in [-0.25, -0.2) is 4.98 Å². The maximum absolute atomic E-state index is 9.29. The van der Waals surface area contributed by atoms with Crippen LogP contribution in [-0.4, -0.2) is 27.9 Å². The van der Waals surface area contributed by atoms with Gasteiger partial charge in [0.15, 0.2) is 5.65 Å². The molecule has 0 unspecified atom stereocenters. The maximum Gasteiger partial charge on any atom is 0.160 e. The molecular weight excluding hydrogens is 226 g/mol. The summed E-state index contributed by atoms with van der Waals surface area (Å²) >= 11 is 0. The van der Waals surface area contributed by atoms with Gasteiger partial charge in [-0.1, -0.05) is 0 Å². The molecule has 1 fully saturated rings. The molecule has 1 saturated heterocycles. The fourth-order valence-corrected chi connectivity index (χ4v) is 2.59. The number of rotatable bonds is 1. The summed E-state index contributed by atoms with van der Waals surface area (Å²) in [4.78, 5) is 6.85. The number of fused-ring (bicyclic) bond motifs is 1. The highest BCUT2D eigenvalue weighted by Gasteiger charge is 2.19. The van der Waals surface area contributed by atoms with E-state index in [-0.39, 0.29) is 0 Å². The normalized spacial score (nSPS) is 15.3. The number of pyridine rings is 1. The van der Waals surface area contributed by atoms with Gasteiger partial charge in [0.2, 0.25) is 0 Å². The van der Waals surface area contributed by atoms with E-state index in [2.05, 4.69) is 21.1 Å². The lowest BCUT2D eigenvalue weighted by atomic mass is 10.2. The van der Waals surface area contributed by atoms with Gasteiger partial charge in [0.25, 0.3) is 0 Å². The minimum atomic E-state index is 0.653. The lowest BCUT2D eigenvalue weighted by Gasteiger charge is -2.17. The Labute approximate surface area is 106 Å². The van der Waals surface area contributed by atoms with Crippen LogP contribution in [0, 0.1) is 18.3 Å². The Morgan fingerprint density at radius 3 is 2.72 bits per heavy atom. The molecule has 2 aromatic heterocycles. The quantitative estimate of drug-likeness (QED) is 0.763. The van der Waals surface area contributed by atoms with Gasteiger partial charge in [-0.3, -0.25) is 4.68 Å². The molecule has 0 saturated carbocycles. The SMILES string of the molecule is Cc1nn(C)c2nc(N3CCCC3)c(C#N)cc12. The third kappa shape index (κ3) is 1.53. The first kappa shape index (κ1) is 11.0. The van der Waals surface area contributed by atoms with Gasteiger partial charge < -0.3 is 4.90 Å². The molecule has 2 aromatic rings. The third-order valence-corrected chi connectivity index (χ3v) is 3.50. The lowest BCUT2D eigenvalue weighted by molar-refractivity contribution is 0.772. The molecule has 18 heavy (non-hydrogen) atoms. The number of hydrogen-bond donors (Lipinski definition) is 0. The van der Waals surface area contributed by atoms with Crippen LogP contribution in [0.15, 0.2) is 6.07 Å². The van der Waals surface area contributed by atoms with E-state index in [1.54, 1.807) is 4.68 Å². The van der Waals surface area contributed by atoms with Crippen LogP contribution in [0.4, 0.5) is 5.82 Å².